The van der Waals surface area contributed by atoms with Crippen molar-refractivity contribution in [2.75, 3.05) is 6.61 Å². The fraction of sp³-hybridized carbons (Fsp3) is 0.889. The minimum absolute atomic E-state index is 0.754. The molecular weight excluding hydrogens is 313 g/mol. The van der Waals surface area contributed by atoms with Crippen LogP contribution in [-0.4, -0.2) is 74.4 Å². The van der Waals surface area contributed by atoms with Crippen LogP contribution in [0.4, 0.5) is 0 Å². The molecule has 1 aliphatic rings. The lowest BCUT2D eigenvalue weighted by molar-refractivity contribution is -0.259. The third-order valence-corrected chi connectivity index (χ3v) is 3.38. The number of aliphatic hydroxyl groups is 2. The predicted molar refractivity (Wildman–Crippen MR) is 64.8 cm³/mol. The molecule has 0 radical (unpaired) electrons. The number of aliphatic carboxylic acids is 1. The van der Waals surface area contributed by atoms with Crippen molar-refractivity contribution in [3.63, 3.8) is 0 Å². The Morgan fingerprint density at radius 1 is 1.43 bits per heavy atom. The first-order valence-corrected chi connectivity index (χ1v) is 7.42. The molecule has 0 bridgehead atoms. The highest BCUT2D eigenvalue weighted by Gasteiger charge is 2.48. The van der Waals surface area contributed by atoms with Gasteiger partial charge in [0, 0.05) is 0 Å². The van der Waals surface area contributed by atoms with Crippen LogP contribution < -0.4 is 5.73 Å². The molecule has 7 N–H and O–H groups in total. The summed E-state index contributed by atoms with van der Waals surface area (Å²) in [7, 11) is -4.99. The van der Waals surface area contributed by atoms with Crippen LogP contribution in [0.25, 0.3) is 0 Å². The average Bonchev–Trinajstić information content (AvgIpc) is 2.36. The molecular formula is C9H18NO10P. The van der Waals surface area contributed by atoms with Crippen molar-refractivity contribution in [2.24, 2.45) is 5.73 Å². The summed E-state index contributed by atoms with van der Waals surface area (Å²) in [5, 5.41) is 27.5. The van der Waals surface area contributed by atoms with Crippen molar-refractivity contribution >= 4 is 13.8 Å². The first-order chi connectivity index (χ1) is 9.56. The van der Waals surface area contributed by atoms with Gasteiger partial charge in [-0.15, -0.1) is 0 Å². The van der Waals surface area contributed by atoms with E-state index in [9.17, 15) is 14.5 Å². The van der Waals surface area contributed by atoms with Gasteiger partial charge in [-0.2, -0.15) is 0 Å². The van der Waals surface area contributed by atoms with Crippen LogP contribution >= 0.6 is 7.82 Å². The van der Waals surface area contributed by atoms with Gasteiger partial charge in [0.1, 0.15) is 18.3 Å². The lowest BCUT2D eigenvalue weighted by Crippen LogP contribution is -2.64. The summed E-state index contributed by atoms with van der Waals surface area (Å²) in [6.07, 6.45) is -7.32. The molecule has 1 saturated heterocycles. The van der Waals surface area contributed by atoms with E-state index in [-0.39, 0.29) is 0 Å². The maximum absolute atomic E-state index is 11.0. The summed E-state index contributed by atoms with van der Waals surface area (Å²) < 4.78 is 25.4. The van der Waals surface area contributed by atoms with Gasteiger partial charge in [-0.25, -0.2) is 9.36 Å². The molecule has 1 fully saturated rings. The van der Waals surface area contributed by atoms with E-state index in [1.165, 1.54) is 6.92 Å². The summed E-state index contributed by atoms with van der Waals surface area (Å²) >= 11 is 0. The van der Waals surface area contributed by atoms with Crippen molar-refractivity contribution < 1.29 is 48.5 Å². The topological polar surface area (TPSA) is 189 Å². The van der Waals surface area contributed by atoms with Crippen molar-refractivity contribution in [1.29, 1.82) is 0 Å². The number of carboxylic acids is 1. The number of hydrogen-bond donors (Lipinski definition) is 6. The van der Waals surface area contributed by atoms with Gasteiger partial charge < -0.3 is 40.3 Å². The highest BCUT2D eigenvalue weighted by atomic mass is 31.2. The zero-order chi connectivity index (χ0) is 16.4. The average molecular weight is 331 g/mol. The van der Waals surface area contributed by atoms with Gasteiger partial charge in [-0.05, 0) is 6.92 Å². The van der Waals surface area contributed by atoms with E-state index in [0.29, 0.717) is 0 Å². The van der Waals surface area contributed by atoms with Gasteiger partial charge in [0.15, 0.2) is 12.4 Å². The maximum Gasteiger partial charge on any atom is 0.470 e. The smallest absolute Gasteiger partial charge is 0.470 e. The number of phosphoric ester groups is 1. The highest BCUT2D eigenvalue weighted by Crippen LogP contribution is 2.41. The number of aliphatic hydroxyl groups excluding tert-OH is 2. The minimum Gasteiger partial charge on any atom is -0.479 e. The molecule has 1 heterocycles. The second-order valence-corrected chi connectivity index (χ2v) is 5.66. The first-order valence-electron chi connectivity index (χ1n) is 5.89. The van der Waals surface area contributed by atoms with E-state index in [4.69, 9.17) is 35.2 Å². The van der Waals surface area contributed by atoms with Crippen molar-refractivity contribution in [2.45, 2.75) is 43.7 Å². The number of carbonyl (C=O) groups is 1. The molecule has 0 aliphatic carbocycles. The van der Waals surface area contributed by atoms with Gasteiger partial charge in [0.25, 0.3) is 0 Å². The molecule has 0 amide bonds. The Labute approximate surface area is 119 Å². The van der Waals surface area contributed by atoms with Gasteiger partial charge in [-0.1, -0.05) is 0 Å². The Hall–Kier alpha value is -0.620. The maximum atomic E-state index is 11.0. The summed E-state index contributed by atoms with van der Waals surface area (Å²) in [6.45, 7) is 0.412. The fourth-order valence-corrected chi connectivity index (χ4v) is 2.41. The van der Waals surface area contributed by atoms with Crippen LogP contribution in [0.1, 0.15) is 6.92 Å². The third kappa shape index (κ3) is 4.95. The highest BCUT2D eigenvalue weighted by molar-refractivity contribution is 7.46. The van der Waals surface area contributed by atoms with Gasteiger partial charge in [-0.3, -0.25) is 4.52 Å². The molecule has 12 heteroatoms. The van der Waals surface area contributed by atoms with Crippen molar-refractivity contribution in [3.05, 3.63) is 0 Å². The predicted octanol–water partition coefficient (Wildman–Crippen LogP) is -2.64. The molecule has 1 rings (SSSR count). The quantitative estimate of drug-likeness (QED) is 0.279. The van der Waals surface area contributed by atoms with E-state index < -0.39 is 57.1 Å². The Morgan fingerprint density at radius 2 is 2.00 bits per heavy atom. The Morgan fingerprint density at radius 3 is 2.43 bits per heavy atom. The van der Waals surface area contributed by atoms with Crippen LogP contribution in [-0.2, 0) is 23.4 Å². The van der Waals surface area contributed by atoms with E-state index in [1.54, 1.807) is 0 Å². The first kappa shape index (κ1) is 18.4. The Kier molecular flexibility index (Phi) is 6.23. The zero-order valence-electron chi connectivity index (χ0n) is 11.0. The number of carboxylic acid groups (broad SMARTS) is 1. The standard InChI is InChI=1S/C9H18NO10P/c1-3(8(12)13)18-7-5(10)9(14)19-4(2-11)6(7)20-21(15,16)17/h3-7,9,11,14H,2,10H2,1H3,(H,12,13)(H2,15,16,17)/t3?,4-,5-,6-,7-,9+/m1/s1. The summed E-state index contributed by atoms with van der Waals surface area (Å²) in [5.41, 5.74) is 5.59. The zero-order valence-corrected chi connectivity index (χ0v) is 11.9. The largest absolute Gasteiger partial charge is 0.479 e. The molecule has 0 spiro atoms. The molecule has 0 saturated carbocycles. The van der Waals surface area contributed by atoms with Crippen molar-refractivity contribution in [1.82, 2.24) is 0 Å². The molecule has 124 valence electrons. The Bertz CT molecular complexity index is 413. The number of rotatable bonds is 6. The van der Waals surface area contributed by atoms with E-state index in [0.717, 1.165) is 0 Å². The van der Waals surface area contributed by atoms with Crippen molar-refractivity contribution in [3.8, 4) is 0 Å². The van der Waals surface area contributed by atoms with E-state index >= 15 is 0 Å². The van der Waals surface area contributed by atoms with Gasteiger partial charge in [0.2, 0.25) is 0 Å². The monoisotopic (exact) mass is 331 g/mol. The lowest BCUT2D eigenvalue weighted by Gasteiger charge is -2.43. The number of ether oxygens (including phenoxy) is 2. The van der Waals surface area contributed by atoms with Crippen LogP contribution in [0.3, 0.4) is 0 Å². The van der Waals surface area contributed by atoms with Crippen LogP contribution in [0.5, 0.6) is 0 Å². The Balaban J connectivity index is 3.01. The second kappa shape index (κ2) is 7.09. The molecule has 1 unspecified atom stereocenters. The second-order valence-electron chi connectivity index (χ2n) is 4.47. The normalized spacial score (nSPS) is 35.4. The molecule has 0 aromatic carbocycles. The van der Waals surface area contributed by atoms with Crippen LogP contribution in [0, 0.1) is 0 Å². The fourth-order valence-electron chi connectivity index (χ4n) is 1.84. The molecule has 1 aliphatic heterocycles. The van der Waals surface area contributed by atoms with Gasteiger partial charge in [0.05, 0.1) is 12.6 Å². The van der Waals surface area contributed by atoms with E-state index in [1.807, 2.05) is 0 Å². The molecule has 21 heavy (non-hydrogen) atoms. The number of hydrogen-bond acceptors (Lipinski definition) is 8. The van der Waals surface area contributed by atoms with Crippen LogP contribution in [0.15, 0.2) is 0 Å². The summed E-state index contributed by atoms with van der Waals surface area (Å²) in [6, 6.07) is -1.33. The van der Waals surface area contributed by atoms with Gasteiger partial charge >= 0.3 is 13.8 Å². The molecule has 6 atom stereocenters. The molecule has 0 aromatic rings. The molecule has 0 aromatic heterocycles. The SMILES string of the molecule is CC(O[C@@H]1[C@@H](N)[C@@H](O)O[C@H](CO)[C@H]1OP(=O)(O)O)C(=O)O. The van der Waals surface area contributed by atoms with Crippen LogP contribution in [0.2, 0.25) is 0 Å². The third-order valence-electron chi connectivity index (χ3n) is 2.86. The number of nitrogens with two attached hydrogens (primary N) is 1. The molecule has 11 nitrogen and oxygen atoms in total. The lowest BCUT2D eigenvalue weighted by atomic mass is 9.97. The number of phosphoric acid groups is 1. The minimum atomic E-state index is -4.99. The summed E-state index contributed by atoms with van der Waals surface area (Å²) in [5.74, 6) is -1.35. The summed E-state index contributed by atoms with van der Waals surface area (Å²) in [4.78, 5) is 28.5. The van der Waals surface area contributed by atoms with E-state index in [2.05, 4.69) is 4.52 Å².